The molecule has 0 aliphatic carbocycles. The molecule has 0 saturated carbocycles. The summed E-state index contributed by atoms with van der Waals surface area (Å²) in [5.41, 5.74) is 8.40. The van der Waals surface area contributed by atoms with Crippen LogP contribution in [0.3, 0.4) is 0 Å². The predicted octanol–water partition coefficient (Wildman–Crippen LogP) is 2.17. The van der Waals surface area contributed by atoms with Gasteiger partial charge in [0.25, 0.3) is 0 Å². The average Bonchev–Trinajstić information content (AvgIpc) is 2.29. The molecule has 1 aromatic rings. The lowest BCUT2D eigenvalue weighted by Gasteiger charge is -2.15. The Balaban J connectivity index is 2.85. The first-order valence-electron chi connectivity index (χ1n) is 6.09. The third-order valence-corrected chi connectivity index (χ3v) is 2.67. The first-order chi connectivity index (χ1) is 8.54. The van der Waals surface area contributed by atoms with Crippen LogP contribution >= 0.6 is 0 Å². The van der Waals surface area contributed by atoms with Gasteiger partial charge in [-0.25, -0.2) is 0 Å². The van der Waals surface area contributed by atoms with Crippen LogP contribution in [0.2, 0.25) is 0 Å². The van der Waals surface area contributed by atoms with Gasteiger partial charge in [-0.05, 0) is 30.9 Å². The molecule has 5 heteroatoms. The number of aryl methyl sites for hydroxylation is 2. The van der Waals surface area contributed by atoms with E-state index in [4.69, 9.17) is 16.6 Å². The molecule has 5 nitrogen and oxygen atoms in total. The van der Waals surface area contributed by atoms with E-state index in [-0.39, 0.29) is 11.9 Å². The van der Waals surface area contributed by atoms with Gasteiger partial charge in [0.1, 0.15) is 0 Å². The number of hydrogen-bond acceptors (Lipinski definition) is 2. The van der Waals surface area contributed by atoms with Crippen molar-refractivity contribution in [3.05, 3.63) is 29.3 Å². The summed E-state index contributed by atoms with van der Waals surface area (Å²) in [5.74, 6) is -0.217. The molecular weight excluding hydrogens is 226 g/mol. The van der Waals surface area contributed by atoms with Gasteiger partial charge in [-0.1, -0.05) is 31.5 Å². The second-order valence-corrected chi connectivity index (χ2v) is 4.25. The summed E-state index contributed by atoms with van der Waals surface area (Å²) in [4.78, 5) is 0. The van der Waals surface area contributed by atoms with Crippen LogP contribution in [0, 0.1) is 17.7 Å². The molecule has 0 heterocycles. The number of benzene rings is 1. The van der Waals surface area contributed by atoms with E-state index < -0.39 is 0 Å². The van der Waals surface area contributed by atoms with Gasteiger partial charge < -0.3 is 11.1 Å². The molecular formula is C13H21N5. The summed E-state index contributed by atoms with van der Waals surface area (Å²) >= 11 is 0. The van der Waals surface area contributed by atoms with Gasteiger partial charge in [-0.3, -0.25) is 16.1 Å². The zero-order valence-electron chi connectivity index (χ0n) is 10.9. The van der Waals surface area contributed by atoms with Crippen LogP contribution in [-0.4, -0.2) is 11.9 Å². The Morgan fingerprint density at radius 3 is 2.67 bits per heavy atom. The highest BCUT2D eigenvalue weighted by Gasteiger charge is 2.07. The van der Waals surface area contributed by atoms with E-state index in [1.165, 1.54) is 5.56 Å². The monoisotopic (exact) mass is 247 g/mol. The highest BCUT2D eigenvalue weighted by molar-refractivity contribution is 6.02. The minimum atomic E-state index is -0.240. The first kappa shape index (κ1) is 14.0. The Kier molecular flexibility index (Phi) is 5.17. The van der Waals surface area contributed by atoms with Crippen LogP contribution in [0.1, 0.15) is 30.9 Å². The molecule has 0 aliphatic heterocycles. The van der Waals surface area contributed by atoms with Gasteiger partial charge in [-0.2, -0.15) is 0 Å². The quantitative estimate of drug-likeness (QED) is 0.416. The minimum Gasteiger partial charge on any atom is -0.370 e. The maximum Gasteiger partial charge on any atom is 0.199 e. The minimum absolute atomic E-state index is 0.0227. The van der Waals surface area contributed by atoms with Crippen LogP contribution in [-0.2, 0) is 6.42 Å². The maximum absolute atomic E-state index is 7.68. The maximum atomic E-state index is 7.68. The van der Waals surface area contributed by atoms with Crippen molar-refractivity contribution in [3.63, 3.8) is 0 Å². The van der Waals surface area contributed by atoms with Crippen molar-refractivity contribution in [1.82, 2.24) is 5.32 Å². The summed E-state index contributed by atoms with van der Waals surface area (Å²) in [6.07, 6.45) is 3.23. The summed E-state index contributed by atoms with van der Waals surface area (Å²) in [6, 6.07) is 6.08. The van der Waals surface area contributed by atoms with Crippen molar-refractivity contribution in [2.75, 3.05) is 5.32 Å². The number of hydrogen-bond donors (Lipinski definition) is 5. The lowest BCUT2D eigenvalue weighted by Crippen LogP contribution is -2.39. The van der Waals surface area contributed by atoms with Crippen LogP contribution in [0.25, 0.3) is 0 Å². The van der Waals surface area contributed by atoms with Crippen molar-refractivity contribution in [1.29, 1.82) is 10.8 Å². The van der Waals surface area contributed by atoms with Gasteiger partial charge in [0.05, 0.1) is 0 Å². The Bertz CT molecular complexity index is 439. The standard InChI is InChI=1S/C13H21N5/c1-3-4-7-10-8-5-6-9(2)11(10)17-13(16)18-12(14)15/h5-6,8H,3-4,7H2,1-2H3,(H6,14,15,16,17,18). The second-order valence-electron chi connectivity index (χ2n) is 4.25. The van der Waals surface area contributed by atoms with E-state index >= 15 is 0 Å². The second kappa shape index (κ2) is 6.64. The third kappa shape index (κ3) is 4.08. The Hall–Kier alpha value is -2.04. The topological polar surface area (TPSA) is 97.8 Å². The Morgan fingerprint density at radius 2 is 2.06 bits per heavy atom. The smallest absolute Gasteiger partial charge is 0.199 e. The zero-order valence-corrected chi connectivity index (χ0v) is 10.9. The SMILES string of the molecule is CCCCc1cccc(C)c1NC(=N)NC(=N)N. The summed E-state index contributed by atoms with van der Waals surface area (Å²) < 4.78 is 0. The predicted molar refractivity (Wildman–Crippen MR) is 76.2 cm³/mol. The first-order valence-corrected chi connectivity index (χ1v) is 6.09. The molecule has 0 aliphatic rings. The molecule has 0 unspecified atom stereocenters. The van der Waals surface area contributed by atoms with Crippen molar-refractivity contribution in [2.24, 2.45) is 5.73 Å². The van der Waals surface area contributed by atoms with Crippen molar-refractivity contribution in [2.45, 2.75) is 33.1 Å². The number of anilines is 1. The molecule has 1 aromatic carbocycles. The normalized spacial score (nSPS) is 9.89. The van der Waals surface area contributed by atoms with Gasteiger partial charge in [0.2, 0.25) is 0 Å². The molecule has 6 N–H and O–H groups in total. The van der Waals surface area contributed by atoms with Crippen LogP contribution < -0.4 is 16.4 Å². The number of unbranched alkanes of at least 4 members (excludes halogenated alkanes) is 1. The molecule has 0 spiro atoms. The molecule has 0 atom stereocenters. The van der Waals surface area contributed by atoms with E-state index in [0.29, 0.717) is 0 Å². The van der Waals surface area contributed by atoms with E-state index in [9.17, 15) is 0 Å². The highest BCUT2D eigenvalue weighted by Crippen LogP contribution is 2.22. The lowest BCUT2D eigenvalue weighted by molar-refractivity contribution is 0.796. The molecule has 0 bridgehead atoms. The van der Waals surface area contributed by atoms with Crippen LogP contribution in [0.5, 0.6) is 0 Å². The van der Waals surface area contributed by atoms with Gasteiger partial charge in [-0.15, -0.1) is 0 Å². The summed E-state index contributed by atoms with van der Waals surface area (Å²) in [5, 5.41) is 20.2. The number of nitrogens with two attached hydrogens (primary N) is 1. The van der Waals surface area contributed by atoms with Crippen LogP contribution in [0.4, 0.5) is 5.69 Å². The van der Waals surface area contributed by atoms with E-state index in [0.717, 1.165) is 30.5 Å². The third-order valence-electron chi connectivity index (χ3n) is 2.67. The van der Waals surface area contributed by atoms with Gasteiger partial charge in [0.15, 0.2) is 11.9 Å². The van der Waals surface area contributed by atoms with E-state index in [1.54, 1.807) is 0 Å². The fraction of sp³-hybridized carbons (Fsp3) is 0.385. The van der Waals surface area contributed by atoms with Gasteiger partial charge >= 0.3 is 0 Å². The number of nitrogens with one attached hydrogen (secondary N) is 4. The largest absolute Gasteiger partial charge is 0.370 e. The molecule has 1 rings (SSSR count). The van der Waals surface area contributed by atoms with Crippen LogP contribution in [0.15, 0.2) is 18.2 Å². The number of guanidine groups is 2. The average molecular weight is 247 g/mol. The Morgan fingerprint density at radius 1 is 1.33 bits per heavy atom. The number of rotatable bonds is 4. The number of para-hydroxylation sites is 1. The molecule has 0 saturated heterocycles. The van der Waals surface area contributed by atoms with E-state index in [1.807, 2.05) is 19.1 Å². The van der Waals surface area contributed by atoms with Crippen molar-refractivity contribution >= 4 is 17.6 Å². The van der Waals surface area contributed by atoms with Crippen molar-refractivity contribution in [3.8, 4) is 0 Å². The zero-order chi connectivity index (χ0) is 13.5. The fourth-order valence-electron chi connectivity index (χ4n) is 1.77. The van der Waals surface area contributed by atoms with Crippen molar-refractivity contribution < 1.29 is 0 Å². The summed E-state index contributed by atoms with van der Waals surface area (Å²) in [7, 11) is 0. The fourth-order valence-corrected chi connectivity index (χ4v) is 1.77. The molecule has 0 radical (unpaired) electrons. The molecule has 0 amide bonds. The molecule has 0 fully saturated rings. The lowest BCUT2D eigenvalue weighted by atomic mass is 10.0. The summed E-state index contributed by atoms with van der Waals surface area (Å²) in [6.45, 7) is 4.15. The van der Waals surface area contributed by atoms with Gasteiger partial charge in [0, 0.05) is 5.69 Å². The van der Waals surface area contributed by atoms with E-state index in [2.05, 4.69) is 23.6 Å². The molecule has 18 heavy (non-hydrogen) atoms. The highest BCUT2D eigenvalue weighted by atomic mass is 15.2. The molecule has 98 valence electrons. The molecule has 0 aromatic heterocycles. The Labute approximate surface area is 108 Å².